The molecule has 0 bridgehead atoms. The van der Waals surface area contributed by atoms with Crippen LogP contribution in [0.15, 0.2) is 376 Å². The summed E-state index contributed by atoms with van der Waals surface area (Å²) in [5.74, 6) is 4.75. The lowest BCUT2D eigenvalue weighted by Crippen LogP contribution is -2.32. The van der Waals surface area contributed by atoms with Crippen LogP contribution in [0.4, 0.5) is 0 Å². The van der Waals surface area contributed by atoms with Crippen LogP contribution in [0.2, 0.25) is 0 Å². The zero-order chi connectivity index (χ0) is 71.0. The highest BCUT2D eigenvalue weighted by Crippen LogP contribution is 2.64. The normalized spacial score (nSPS) is 13.3. The van der Waals surface area contributed by atoms with Crippen molar-refractivity contribution in [2.24, 2.45) is 0 Å². The number of ether oxygens (including phenoxy) is 2. The Kier molecular flexibility index (Phi) is 13.7. The Morgan fingerprint density at radius 2 is 0.500 bits per heavy atom. The third kappa shape index (κ3) is 9.27. The van der Waals surface area contributed by atoms with Crippen LogP contribution in [0.3, 0.4) is 0 Å². The Morgan fingerprint density at radius 3 is 1.02 bits per heavy atom. The van der Waals surface area contributed by atoms with Crippen molar-refractivity contribution in [1.82, 2.24) is 19.9 Å². The van der Waals surface area contributed by atoms with Crippen LogP contribution in [0.1, 0.15) is 44.5 Å². The van der Waals surface area contributed by atoms with Gasteiger partial charge in [-0.1, -0.05) is 334 Å². The van der Waals surface area contributed by atoms with Crippen LogP contribution in [-0.2, 0) is 10.8 Å². The largest absolute Gasteiger partial charge is 0.457 e. The van der Waals surface area contributed by atoms with E-state index < -0.39 is 10.8 Å². The summed E-state index contributed by atoms with van der Waals surface area (Å²) in [5.41, 5.74) is 31.7. The first-order valence-electron chi connectivity index (χ1n) is 36.9. The average molecular weight is 1380 g/mol. The summed E-state index contributed by atoms with van der Waals surface area (Å²) in [5, 5.41) is 1.98. The molecular formula is C102H62N4O2. The number of nitrogens with zero attached hydrogens (tertiary/aromatic N) is 4. The van der Waals surface area contributed by atoms with E-state index in [-0.39, 0.29) is 0 Å². The smallest absolute Gasteiger partial charge is 0.161 e. The fourth-order valence-corrected chi connectivity index (χ4v) is 18.1. The van der Waals surface area contributed by atoms with Crippen LogP contribution in [0.5, 0.6) is 23.0 Å². The van der Waals surface area contributed by atoms with Gasteiger partial charge in [0.25, 0.3) is 0 Å². The molecule has 0 saturated carbocycles. The van der Waals surface area contributed by atoms with Crippen molar-refractivity contribution in [1.29, 1.82) is 0 Å². The maximum Gasteiger partial charge on any atom is 0.161 e. The second kappa shape index (κ2) is 24.2. The molecule has 16 aromatic carbocycles. The fraction of sp³-hybridized carbons (Fsp3) is 0.0196. The lowest BCUT2D eigenvalue weighted by Gasteiger charge is -2.39. The molecule has 0 amide bonds. The summed E-state index contributed by atoms with van der Waals surface area (Å²) in [4.78, 5) is 21.5. The predicted molar refractivity (Wildman–Crippen MR) is 436 cm³/mol. The SMILES string of the molecule is c1ccc(-c2nc(-c3cc(-c4ccc(-c5nc(-c6ccc(-c7ccccc7-c7ccc8c(c7)Oc7ccccc7C87c8ccccc8-c8ccccc87)cc6)c6ccccc6n5)cc4)ccc3-c3ccc(-c4ccc5c(c4)Oc4ccccc4C54c5ccccc5-c5ccccc54)cc3)nc3ccccc23)cc1. The van der Waals surface area contributed by atoms with Gasteiger partial charge in [0.15, 0.2) is 11.6 Å². The molecule has 2 aliphatic heterocycles. The number of rotatable bonds is 9. The molecule has 4 heterocycles. The molecule has 6 heteroatoms. The molecule has 0 fully saturated rings. The van der Waals surface area contributed by atoms with Crippen LogP contribution >= 0.6 is 0 Å². The molecule has 0 atom stereocenters. The molecule has 2 aromatic heterocycles. The van der Waals surface area contributed by atoms with Crippen LogP contribution in [0, 0.1) is 0 Å². The van der Waals surface area contributed by atoms with Crippen molar-refractivity contribution in [3.8, 4) is 146 Å². The summed E-state index contributed by atoms with van der Waals surface area (Å²) in [6, 6.07) is 135. The Morgan fingerprint density at radius 1 is 0.176 bits per heavy atom. The van der Waals surface area contributed by atoms with Gasteiger partial charge in [-0.3, -0.25) is 0 Å². The molecule has 0 unspecified atom stereocenters. The molecule has 2 aliphatic carbocycles. The zero-order valence-corrected chi connectivity index (χ0v) is 58.4. The molecule has 0 N–H and O–H groups in total. The third-order valence-electron chi connectivity index (χ3n) is 22.9. The standard InChI is InChI=1S/C102H62N4O2/c1-2-22-67(23-3-1)97-81-31-11-19-39-92(81)104-100(106-97)82-60-70(54-57-75(82)66-46-42-64(43-47-66)71-55-58-89-95(61-71)107-93-40-20-16-36-87(93)101(89)83-32-12-6-26-76(83)77-27-7-13-33-84(77)101)63-44-52-69(53-45-63)99-103-91-38-18-10-30-80(91)98(105-99)68-50-48-65(49-51-68)73-24-4-5-25-74(73)72-56-59-90-96(62-72)108-94-41-21-17-37-88(94)102(90)85-34-14-8-28-78(85)79-29-9-15-35-86(79)102/h1-62H. The average Bonchev–Trinajstić information content (AvgIpc) is 1.48. The molecular weight excluding hydrogens is 1310 g/mol. The monoisotopic (exact) mass is 1370 g/mol. The molecule has 502 valence electrons. The van der Waals surface area contributed by atoms with Crippen molar-refractivity contribution in [2.75, 3.05) is 0 Å². The van der Waals surface area contributed by atoms with E-state index in [4.69, 9.17) is 29.4 Å². The van der Waals surface area contributed by atoms with Gasteiger partial charge in [-0.2, -0.15) is 0 Å². The highest BCUT2D eigenvalue weighted by Gasteiger charge is 2.53. The van der Waals surface area contributed by atoms with Gasteiger partial charge in [-0.05, 0) is 143 Å². The molecule has 6 nitrogen and oxygen atoms in total. The Hall–Kier alpha value is -14.2. The molecule has 108 heavy (non-hydrogen) atoms. The second-order valence-corrected chi connectivity index (χ2v) is 28.5. The number of para-hydroxylation sites is 4. The number of hydrogen-bond donors (Lipinski definition) is 0. The van der Waals surface area contributed by atoms with Crippen molar-refractivity contribution in [3.63, 3.8) is 0 Å². The molecule has 0 radical (unpaired) electrons. The van der Waals surface area contributed by atoms with Gasteiger partial charge in [-0.25, -0.2) is 19.9 Å². The van der Waals surface area contributed by atoms with Gasteiger partial charge in [-0.15, -0.1) is 0 Å². The van der Waals surface area contributed by atoms with Crippen LogP contribution < -0.4 is 9.47 Å². The summed E-state index contributed by atoms with van der Waals surface area (Å²) < 4.78 is 13.9. The minimum Gasteiger partial charge on any atom is -0.457 e. The maximum absolute atomic E-state index is 6.96. The lowest BCUT2D eigenvalue weighted by molar-refractivity contribution is 0.436. The van der Waals surface area contributed by atoms with Gasteiger partial charge in [0, 0.05) is 55.3 Å². The Labute approximate surface area is 624 Å². The van der Waals surface area contributed by atoms with E-state index in [2.05, 4.69) is 364 Å². The zero-order valence-electron chi connectivity index (χ0n) is 58.4. The van der Waals surface area contributed by atoms with Crippen molar-refractivity contribution in [2.45, 2.75) is 10.8 Å². The highest BCUT2D eigenvalue weighted by molar-refractivity contribution is 5.98. The highest BCUT2D eigenvalue weighted by atomic mass is 16.5. The van der Waals surface area contributed by atoms with Crippen molar-refractivity contribution < 1.29 is 9.47 Å². The Balaban J connectivity index is 0.595. The summed E-state index contributed by atoms with van der Waals surface area (Å²) in [6.07, 6.45) is 0. The first-order chi connectivity index (χ1) is 53.5. The first-order valence-corrected chi connectivity index (χ1v) is 36.9. The number of benzene rings is 16. The second-order valence-electron chi connectivity index (χ2n) is 28.5. The molecule has 22 rings (SSSR count). The fourth-order valence-electron chi connectivity index (χ4n) is 18.1. The molecule has 0 saturated heterocycles. The third-order valence-corrected chi connectivity index (χ3v) is 22.9. The van der Waals surface area contributed by atoms with Crippen LogP contribution in [0.25, 0.3) is 145 Å². The van der Waals surface area contributed by atoms with Gasteiger partial charge in [0.1, 0.15) is 23.0 Å². The molecule has 2 spiro atoms. The molecule has 18 aromatic rings. The molecule has 4 aliphatic rings. The van der Waals surface area contributed by atoms with Crippen molar-refractivity contribution in [3.05, 3.63) is 421 Å². The van der Waals surface area contributed by atoms with Gasteiger partial charge in [0.05, 0.1) is 33.3 Å². The van der Waals surface area contributed by atoms with Crippen LogP contribution in [-0.4, -0.2) is 19.9 Å². The quantitative estimate of drug-likeness (QED) is 0.143. The van der Waals surface area contributed by atoms with E-state index in [1.54, 1.807) is 0 Å². The van der Waals surface area contributed by atoms with Gasteiger partial charge in [0.2, 0.25) is 0 Å². The van der Waals surface area contributed by atoms with E-state index in [1.165, 1.54) is 44.5 Å². The van der Waals surface area contributed by atoms with Crippen molar-refractivity contribution >= 4 is 21.8 Å². The van der Waals surface area contributed by atoms with Gasteiger partial charge < -0.3 is 9.47 Å². The summed E-state index contributed by atoms with van der Waals surface area (Å²) in [6.45, 7) is 0. The van der Waals surface area contributed by atoms with E-state index in [9.17, 15) is 0 Å². The summed E-state index contributed by atoms with van der Waals surface area (Å²) >= 11 is 0. The Bertz CT molecular complexity index is 6650. The minimum absolute atomic E-state index is 0.526. The predicted octanol–water partition coefficient (Wildman–Crippen LogP) is 25.5. The minimum atomic E-state index is -0.528. The maximum atomic E-state index is 6.96. The number of aromatic nitrogens is 4. The van der Waals surface area contributed by atoms with E-state index >= 15 is 0 Å². The first kappa shape index (κ1) is 61.3. The van der Waals surface area contributed by atoms with E-state index in [1.807, 2.05) is 12.1 Å². The summed E-state index contributed by atoms with van der Waals surface area (Å²) in [7, 11) is 0. The number of hydrogen-bond acceptors (Lipinski definition) is 6. The lowest BCUT2D eigenvalue weighted by atomic mass is 9.66. The topological polar surface area (TPSA) is 70.0 Å². The van der Waals surface area contributed by atoms with E-state index in [0.29, 0.717) is 11.6 Å². The van der Waals surface area contributed by atoms with Gasteiger partial charge >= 0.3 is 0 Å². The van der Waals surface area contributed by atoms with E-state index in [0.717, 1.165) is 156 Å². The number of fused-ring (bicyclic) bond motifs is 20.